The summed E-state index contributed by atoms with van der Waals surface area (Å²) in [7, 11) is 0. The van der Waals surface area contributed by atoms with Crippen LogP contribution in [0.4, 0.5) is 5.95 Å². The molecule has 3 rings (SSSR count). The van der Waals surface area contributed by atoms with Crippen molar-refractivity contribution in [3.05, 3.63) is 12.4 Å². The van der Waals surface area contributed by atoms with Crippen LogP contribution in [-0.2, 0) is 0 Å². The van der Waals surface area contributed by atoms with E-state index in [0.717, 1.165) is 19.6 Å². The zero-order valence-electron chi connectivity index (χ0n) is 10.6. The van der Waals surface area contributed by atoms with Crippen molar-refractivity contribution in [3.8, 4) is 0 Å². The Labute approximate surface area is 103 Å². The highest BCUT2D eigenvalue weighted by Gasteiger charge is 2.24. The smallest absolute Gasteiger partial charge is 0.205 e. The predicted octanol–water partition coefficient (Wildman–Crippen LogP) is 1.80. The first-order valence-corrected chi connectivity index (χ1v) is 6.86. The zero-order valence-corrected chi connectivity index (χ0v) is 10.6. The molecule has 0 amide bonds. The fraction of sp³-hybridized carbons (Fsp3) is 0.769. The van der Waals surface area contributed by atoms with Crippen molar-refractivity contribution in [2.45, 2.75) is 44.7 Å². The van der Waals surface area contributed by atoms with E-state index in [0.29, 0.717) is 12.1 Å². The van der Waals surface area contributed by atoms with Crippen LogP contribution < -0.4 is 10.2 Å². The molecule has 1 aliphatic carbocycles. The molecule has 0 aromatic carbocycles. The van der Waals surface area contributed by atoms with E-state index in [-0.39, 0.29) is 0 Å². The van der Waals surface area contributed by atoms with E-state index in [4.69, 9.17) is 0 Å². The molecule has 2 heterocycles. The van der Waals surface area contributed by atoms with Crippen LogP contribution in [0.5, 0.6) is 0 Å². The molecule has 1 saturated carbocycles. The molecular formula is C13H22N4. The summed E-state index contributed by atoms with van der Waals surface area (Å²) in [6, 6.07) is 1.26. The first-order chi connectivity index (χ1) is 8.34. The Morgan fingerprint density at radius 2 is 2.18 bits per heavy atom. The highest BCUT2D eigenvalue weighted by molar-refractivity contribution is 5.33. The summed E-state index contributed by atoms with van der Waals surface area (Å²) in [4.78, 5) is 7.01. The molecule has 0 spiro atoms. The maximum atomic E-state index is 4.58. The maximum absolute atomic E-state index is 4.58. The van der Waals surface area contributed by atoms with Gasteiger partial charge in [-0.2, -0.15) is 0 Å². The Kier molecular flexibility index (Phi) is 3.05. The minimum Gasteiger partial charge on any atom is -0.339 e. The molecular weight excluding hydrogens is 212 g/mol. The predicted molar refractivity (Wildman–Crippen MR) is 69.4 cm³/mol. The van der Waals surface area contributed by atoms with Crippen molar-refractivity contribution in [2.24, 2.45) is 0 Å². The van der Waals surface area contributed by atoms with Crippen LogP contribution in [-0.4, -0.2) is 35.2 Å². The van der Waals surface area contributed by atoms with Crippen LogP contribution >= 0.6 is 0 Å². The topological polar surface area (TPSA) is 33.1 Å². The van der Waals surface area contributed by atoms with Gasteiger partial charge in [0.15, 0.2) is 0 Å². The number of nitrogens with zero attached hydrogens (tertiary/aromatic N) is 3. The lowest BCUT2D eigenvalue weighted by Gasteiger charge is -2.33. The Morgan fingerprint density at radius 3 is 2.94 bits per heavy atom. The zero-order chi connectivity index (χ0) is 11.7. The minimum absolute atomic E-state index is 0.567. The summed E-state index contributed by atoms with van der Waals surface area (Å²) >= 11 is 0. The van der Waals surface area contributed by atoms with Crippen molar-refractivity contribution in [3.63, 3.8) is 0 Å². The molecule has 1 aliphatic heterocycles. The summed E-state index contributed by atoms with van der Waals surface area (Å²) < 4.78 is 2.41. The van der Waals surface area contributed by atoms with Gasteiger partial charge in [0.1, 0.15) is 0 Å². The molecule has 0 bridgehead atoms. The van der Waals surface area contributed by atoms with Crippen LogP contribution in [0.1, 0.15) is 38.6 Å². The van der Waals surface area contributed by atoms with Gasteiger partial charge in [0.25, 0.3) is 0 Å². The molecule has 2 aliphatic rings. The van der Waals surface area contributed by atoms with Gasteiger partial charge in [-0.05, 0) is 19.8 Å². The molecule has 1 aromatic heterocycles. The normalized spacial score (nSPS) is 26.6. The fourth-order valence-electron chi connectivity index (χ4n) is 3.13. The second-order valence-electron chi connectivity index (χ2n) is 5.37. The number of hydrogen-bond donors (Lipinski definition) is 1. The molecule has 4 heteroatoms. The Hall–Kier alpha value is -1.03. The van der Waals surface area contributed by atoms with Gasteiger partial charge < -0.3 is 14.8 Å². The third-order valence-corrected chi connectivity index (χ3v) is 4.02. The van der Waals surface area contributed by atoms with Gasteiger partial charge >= 0.3 is 0 Å². The summed E-state index contributed by atoms with van der Waals surface area (Å²) in [5.74, 6) is 1.19. The first-order valence-electron chi connectivity index (χ1n) is 6.86. The average molecular weight is 234 g/mol. The van der Waals surface area contributed by atoms with E-state index < -0.39 is 0 Å². The first kappa shape index (κ1) is 11.1. The van der Waals surface area contributed by atoms with Gasteiger partial charge in [0.2, 0.25) is 5.95 Å². The Morgan fingerprint density at radius 1 is 1.35 bits per heavy atom. The molecule has 1 aromatic rings. The maximum Gasteiger partial charge on any atom is 0.205 e. The van der Waals surface area contributed by atoms with Crippen LogP contribution in [0, 0.1) is 0 Å². The molecule has 1 N–H and O–H groups in total. The lowest BCUT2D eigenvalue weighted by Crippen LogP contribution is -2.50. The molecule has 1 saturated heterocycles. The van der Waals surface area contributed by atoms with Crippen LogP contribution in [0.25, 0.3) is 0 Å². The summed E-state index contributed by atoms with van der Waals surface area (Å²) in [6.45, 7) is 5.46. The van der Waals surface area contributed by atoms with E-state index in [1.807, 2.05) is 6.20 Å². The summed E-state index contributed by atoms with van der Waals surface area (Å²) in [5.41, 5.74) is 0. The van der Waals surface area contributed by atoms with Crippen molar-refractivity contribution in [1.82, 2.24) is 14.9 Å². The van der Waals surface area contributed by atoms with Crippen LogP contribution in [0.2, 0.25) is 0 Å². The third kappa shape index (κ3) is 2.18. The van der Waals surface area contributed by atoms with E-state index in [1.54, 1.807) is 0 Å². The SMILES string of the molecule is CC1CN(c2nccn2C2CCCC2)CCN1. The fourth-order valence-corrected chi connectivity index (χ4v) is 3.13. The Bertz CT molecular complexity index is 367. The number of aromatic nitrogens is 2. The number of imidazole rings is 1. The Balaban J connectivity index is 1.79. The number of anilines is 1. The second kappa shape index (κ2) is 4.69. The number of piperazine rings is 1. The number of hydrogen-bond acceptors (Lipinski definition) is 3. The van der Waals surface area contributed by atoms with Gasteiger partial charge in [-0.1, -0.05) is 12.8 Å². The van der Waals surface area contributed by atoms with Gasteiger partial charge in [-0.3, -0.25) is 0 Å². The highest BCUT2D eigenvalue weighted by Crippen LogP contribution is 2.32. The monoisotopic (exact) mass is 234 g/mol. The van der Waals surface area contributed by atoms with Gasteiger partial charge in [0.05, 0.1) is 0 Å². The van der Waals surface area contributed by atoms with Crippen molar-refractivity contribution < 1.29 is 0 Å². The third-order valence-electron chi connectivity index (χ3n) is 4.02. The second-order valence-corrected chi connectivity index (χ2v) is 5.37. The summed E-state index contributed by atoms with van der Waals surface area (Å²) in [5, 5.41) is 3.48. The number of rotatable bonds is 2. The van der Waals surface area contributed by atoms with Crippen LogP contribution in [0.15, 0.2) is 12.4 Å². The van der Waals surface area contributed by atoms with Crippen molar-refractivity contribution in [2.75, 3.05) is 24.5 Å². The molecule has 0 radical (unpaired) electrons. The summed E-state index contributed by atoms with van der Waals surface area (Å²) in [6.07, 6.45) is 9.52. The van der Waals surface area contributed by atoms with E-state index in [2.05, 4.69) is 32.9 Å². The molecule has 2 fully saturated rings. The van der Waals surface area contributed by atoms with E-state index in [1.165, 1.54) is 31.6 Å². The van der Waals surface area contributed by atoms with Gasteiger partial charge in [0, 0.05) is 44.1 Å². The largest absolute Gasteiger partial charge is 0.339 e. The molecule has 94 valence electrons. The molecule has 1 atom stereocenters. The molecule has 17 heavy (non-hydrogen) atoms. The standard InChI is InChI=1S/C13H22N4/c1-11-10-16(8-6-14-11)13-15-7-9-17(13)12-4-2-3-5-12/h7,9,11-12,14H,2-6,8,10H2,1H3. The average Bonchev–Trinajstić information content (AvgIpc) is 3.00. The molecule has 1 unspecified atom stereocenters. The molecule has 4 nitrogen and oxygen atoms in total. The van der Waals surface area contributed by atoms with E-state index in [9.17, 15) is 0 Å². The highest BCUT2D eigenvalue weighted by atomic mass is 15.3. The lowest BCUT2D eigenvalue weighted by molar-refractivity contribution is 0.457. The van der Waals surface area contributed by atoms with Gasteiger partial charge in [-0.25, -0.2) is 4.98 Å². The van der Waals surface area contributed by atoms with Crippen molar-refractivity contribution in [1.29, 1.82) is 0 Å². The van der Waals surface area contributed by atoms with Crippen molar-refractivity contribution >= 4 is 5.95 Å². The van der Waals surface area contributed by atoms with E-state index >= 15 is 0 Å². The minimum atomic E-state index is 0.567. The van der Waals surface area contributed by atoms with Crippen LogP contribution in [0.3, 0.4) is 0 Å². The van der Waals surface area contributed by atoms with Gasteiger partial charge in [-0.15, -0.1) is 0 Å². The number of nitrogens with one attached hydrogen (secondary N) is 1. The lowest BCUT2D eigenvalue weighted by atomic mass is 10.2. The quantitative estimate of drug-likeness (QED) is 0.847.